The summed E-state index contributed by atoms with van der Waals surface area (Å²) in [6.45, 7) is 1.83. The van der Waals surface area contributed by atoms with Crippen molar-refractivity contribution in [1.82, 2.24) is 10.1 Å². The molecular formula is C21H17N3O2. The third kappa shape index (κ3) is 2.44. The maximum Gasteiger partial charge on any atom is 0.259 e. The Morgan fingerprint density at radius 2 is 1.96 bits per heavy atom. The summed E-state index contributed by atoms with van der Waals surface area (Å²) in [7, 11) is 0. The second-order valence-corrected chi connectivity index (χ2v) is 6.80. The number of nitrogens with zero attached hydrogens (tertiary/aromatic N) is 2. The Hall–Kier alpha value is -3.21. The van der Waals surface area contributed by atoms with Gasteiger partial charge in [0.15, 0.2) is 0 Å². The molecule has 2 aromatic heterocycles. The van der Waals surface area contributed by atoms with Crippen molar-refractivity contribution < 1.29 is 9.32 Å². The lowest BCUT2D eigenvalue weighted by molar-refractivity contribution is 0.102. The summed E-state index contributed by atoms with van der Waals surface area (Å²) in [5.74, 6) is 0.260. The number of carbonyl (C=O) groups excluding carboxylic acids is 1. The van der Waals surface area contributed by atoms with Crippen LogP contribution in [-0.4, -0.2) is 16.0 Å². The number of hydrogen-bond acceptors (Lipinski definition) is 4. The Balaban J connectivity index is 1.61. The number of nitrogens with one attached hydrogen (secondary N) is 1. The molecule has 0 bridgehead atoms. The molecule has 0 saturated heterocycles. The average molecular weight is 343 g/mol. The van der Waals surface area contributed by atoms with Crippen molar-refractivity contribution >= 4 is 33.5 Å². The van der Waals surface area contributed by atoms with Crippen molar-refractivity contribution in [2.75, 3.05) is 5.32 Å². The van der Waals surface area contributed by atoms with Gasteiger partial charge in [-0.15, -0.1) is 0 Å². The first-order valence-corrected chi connectivity index (χ1v) is 8.77. The van der Waals surface area contributed by atoms with Gasteiger partial charge in [-0.05, 0) is 37.3 Å². The van der Waals surface area contributed by atoms with Gasteiger partial charge in [0.2, 0.25) is 0 Å². The second kappa shape index (κ2) is 5.66. The number of amides is 1. The zero-order chi connectivity index (χ0) is 17.7. The third-order valence-corrected chi connectivity index (χ3v) is 4.92. The van der Waals surface area contributed by atoms with E-state index in [9.17, 15) is 4.79 Å². The molecule has 2 heterocycles. The molecule has 1 fully saturated rings. The van der Waals surface area contributed by atoms with E-state index in [1.165, 1.54) is 0 Å². The van der Waals surface area contributed by atoms with E-state index in [1.807, 2.05) is 55.5 Å². The summed E-state index contributed by atoms with van der Waals surface area (Å²) >= 11 is 0. The monoisotopic (exact) mass is 343 g/mol. The summed E-state index contributed by atoms with van der Waals surface area (Å²) in [4.78, 5) is 17.7. The van der Waals surface area contributed by atoms with E-state index in [1.54, 1.807) is 0 Å². The van der Waals surface area contributed by atoms with Gasteiger partial charge >= 0.3 is 0 Å². The highest BCUT2D eigenvalue weighted by Gasteiger charge is 2.28. The van der Waals surface area contributed by atoms with Gasteiger partial charge in [0.05, 0.1) is 16.6 Å². The number of rotatable bonds is 3. The predicted molar refractivity (Wildman–Crippen MR) is 100 cm³/mol. The molecule has 1 saturated carbocycles. The maximum absolute atomic E-state index is 13.1. The molecule has 26 heavy (non-hydrogen) atoms. The number of benzene rings is 2. The summed E-state index contributed by atoms with van der Waals surface area (Å²) in [6.07, 6.45) is 2.21. The first kappa shape index (κ1) is 15.1. The summed E-state index contributed by atoms with van der Waals surface area (Å²) in [6, 6.07) is 15.8. The molecule has 128 valence electrons. The normalized spacial score (nSPS) is 14.0. The molecule has 5 nitrogen and oxygen atoms in total. The number of anilines is 1. The fourth-order valence-corrected chi connectivity index (χ4v) is 3.41. The van der Waals surface area contributed by atoms with E-state index in [2.05, 4.69) is 15.5 Å². The van der Waals surface area contributed by atoms with Crippen molar-refractivity contribution in [2.24, 2.45) is 0 Å². The minimum absolute atomic E-state index is 0.165. The van der Waals surface area contributed by atoms with E-state index < -0.39 is 0 Å². The van der Waals surface area contributed by atoms with Crippen molar-refractivity contribution in [3.63, 3.8) is 0 Å². The Kier molecular flexibility index (Phi) is 3.28. The van der Waals surface area contributed by atoms with Crippen LogP contribution in [0.25, 0.3) is 21.9 Å². The molecule has 5 heteroatoms. The zero-order valence-electron chi connectivity index (χ0n) is 14.3. The van der Waals surface area contributed by atoms with Crippen LogP contribution in [0.2, 0.25) is 0 Å². The molecule has 1 amide bonds. The standard InChI is InChI=1S/C21H17N3O2/c1-12-19-16(11-18(14-9-10-14)23-21(19)26-24-12)20(25)22-17-8-4-6-13-5-2-3-7-15(13)17/h2-8,11,14H,9-10H2,1H3,(H,22,25). The second-order valence-electron chi connectivity index (χ2n) is 6.80. The van der Waals surface area contributed by atoms with Gasteiger partial charge in [-0.2, -0.15) is 0 Å². The van der Waals surface area contributed by atoms with Crippen LogP contribution in [0.4, 0.5) is 5.69 Å². The van der Waals surface area contributed by atoms with E-state index in [0.29, 0.717) is 28.3 Å². The molecule has 1 aliphatic rings. The van der Waals surface area contributed by atoms with Crippen LogP contribution in [0.5, 0.6) is 0 Å². The molecule has 0 unspecified atom stereocenters. The van der Waals surface area contributed by atoms with Gasteiger partial charge < -0.3 is 9.84 Å². The smallest absolute Gasteiger partial charge is 0.259 e. The van der Waals surface area contributed by atoms with Crippen LogP contribution in [0, 0.1) is 6.92 Å². The summed E-state index contributed by atoms with van der Waals surface area (Å²) in [5.41, 5.74) is 3.40. The molecule has 1 aliphatic carbocycles. The van der Waals surface area contributed by atoms with Crippen LogP contribution in [0.15, 0.2) is 53.1 Å². The van der Waals surface area contributed by atoms with Crippen molar-refractivity contribution in [3.8, 4) is 0 Å². The molecule has 0 spiro atoms. The van der Waals surface area contributed by atoms with Gasteiger partial charge in [0.1, 0.15) is 0 Å². The van der Waals surface area contributed by atoms with Gasteiger partial charge in [0.25, 0.3) is 11.6 Å². The van der Waals surface area contributed by atoms with Gasteiger partial charge in [-0.3, -0.25) is 4.79 Å². The third-order valence-electron chi connectivity index (χ3n) is 4.92. The highest BCUT2D eigenvalue weighted by atomic mass is 16.5. The van der Waals surface area contributed by atoms with Crippen molar-refractivity contribution in [1.29, 1.82) is 0 Å². The Bertz CT molecular complexity index is 1150. The highest BCUT2D eigenvalue weighted by molar-refractivity contribution is 6.14. The SMILES string of the molecule is Cc1noc2nc(C3CC3)cc(C(=O)Nc3cccc4ccccc34)c12. The number of aryl methyl sites for hydroxylation is 1. The zero-order valence-corrected chi connectivity index (χ0v) is 14.3. The lowest BCUT2D eigenvalue weighted by atomic mass is 10.1. The van der Waals surface area contributed by atoms with E-state index in [-0.39, 0.29) is 5.91 Å². The largest absolute Gasteiger partial charge is 0.336 e. The van der Waals surface area contributed by atoms with Gasteiger partial charge in [0, 0.05) is 22.7 Å². The Labute approximate surface area is 150 Å². The van der Waals surface area contributed by atoms with E-state index in [4.69, 9.17) is 4.52 Å². The Morgan fingerprint density at radius 1 is 1.15 bits per heavy atom. The van der Waals surface area contributed by atoms with Crippen molar-refractivity contribution in [2.45, 2.75) is 25.7 Å². The average Bonchev–Trinajstić information content (AvgIpc) is 3.45. The molecule has 4 aromatic rings. The number of fused-ring (bicyclic) bond motifs is 2. The fraction of sp³-hybridized carbons (Fsp3) is 0.190. The minimum Gasteiger partial charge on any atom is -0.336 e. The predicted octanol–water partition coefficient (Wildman–Crippen LogP) is 4.81. The molecule has 0 atom stereocenters. The lowest BCUT2D eigenvalue weighted by Crippen LogP contribution is -2.13. The van der Waals surface area contributed by atoms with E-state index >= 15 is 0 Å². The van der Waals surface area contributed by atoms with E-state index in [0.717, 1.165) is 35.0 Å². The quantitative estimate of drug-likeness (QED) is 0.579. The molecular weight excluding hydrogens is 326 g/mol. The van der Waals surface area contributed by atoms with Gasteiger partial charge in [-0.1, -0.05) is 41.6 Å². The molecule has 0 aliphatic heterocycles. The molecule has 5 rings (SSSR count). The first-order valence-electron chi connectivity index (χ1n) is 8.77. The number of aromatic nitrogens is 2. The number of pyridine rings is 1. The number of hydrogen-bond donors (Lipinski definition) is 1. The maximum atomic E-state index is 13.1. The molecule has 1 N–H and O–H groups in total. The van der Waals surface area contributed by atoms with Crippen molar-refractivity contribution in [3.05, 3.63) is 65.5 Å². The first-order chi connectivity index (χ1) is 12.7. The highest BCUT2D eigenvalue weighted by Crippen LogP contribution is 2.40. The molecule has 2 aromatic carbocycles. The van der Waals surface area contributed by atoms with Crippen LogP contribution >= 0.6 is 0 Å². The van der Waals surface area contributed by atoms with Crippen LogP contribution in [0.1, 0.15) is 40.5 Å². The Morgan fingerprint density at radius 3 is 2.81 bits per heavy atom. The number of carbonyl (C=O) groups is 1. The minimum atomic E-state index is -0.165. The van der Waals surface area contributed by atoms with Crippen LogP contribution in [0.3, 0.4) is 0 Å². The van der Waals surface area contributed by atoms with Crippen LogP contribution < -0.4 is 5.32 Å². The van der Waals surface area contributed by atoms with Crippen LogP contribution in [-0.2, 0) is 0 Å². The summed E-state index contributed by atoms with van der Waals surface area (Å²) < 4.78 is 5.34. The summed E-state index contributed by atoms with van der Waals surface area (Å²) in [5, 5.41) is 9.85. The molecule has 0 radical (unpaired) electrons. The van der Waals surface area contributed by atoms with Gasteiger partial charge in [-0.25, -0.2) is 4.98 Å². The fourth-order valence-electron chi connectivity index (χ4n) is 3.41. The topological polar surface area (TPSA) is 68.0 Å². The lowest BCUT2D eigenvalue weighted by Gasteiger charge is -2.10.